The maximum absolute atomic E-state index is 12.5. The molecular weight excluding hydrogens is 354 g/mol. The topological polar surface area (TPSA) is 63.9 Å². The molecule has 6 nitrogen and oxygen atoms in total. The van der Waals surface area contributed by atoms with E-state index >= 15 is 0 Å². The first-order chi connectivity index (χ1) is 12.1. The largest absolute Gasteiger partial charge is 0.336 e. The van der Waals surface area contributed by atoms with Gasteiger partial charge in [-0.15, -0.1) is 28.1 Å². The van der Waals surface area contributed by atoms with Crippen molar-refractivity contribution in [2.75, 3.05) is 12.8 Å². The third-order valence-corrected chi connectivity index (χ3v) is 6.05. The molecule has 3 aromatic rings. The van der Waals surface area contributed by atoms with Crippen molar-refractivity contribution in [1.29, 1.82) is 0 Å². The third-order valence-electron chi connectivity index (χ3n) is 3.87. The zero-order chi connectivity index (χ0) is 17.8. The number of fused-ring (bicyclic) bond motifs is 1. The summed E-state index contributed by atoms with van der Waals surface area (Å²) in [5.41, 5.74) is 0.974. The Morgan fingerprint density at radius 3 is 3.04 bits per heavy atom. The van der Waals surface area contributed by atoms with Gasteiger partial charge in [0.05, 0.1) is 22.0 Å². The monoisotopic (exact) mass is 373 g/mol. The predicted molar refractivity (Wildman–Crippen MR) is 102 cm³/mol. The predicted octanol–water partition coefficient (Wildman–Crippen LogP) is 3.39. The van der Waals surface area contributed by atoms with Crippen LogP contribution in [-0.2, 0) is 11.3 Å². The molecule has 0 spiro atoms. The van der Waals surface area contributed by atoms with E-state index < -0.39 is 0 Å². The number of hydrogen-bond acceptors (Lipinski definition) is 6. The van der Waals surface area contributed by atoms with Gasteiger partial charge in [0, 0.05) is 13.6 Å². The molecule has 1 atom stereocenters. The van der Waals surface area contributed by atoms with Crippen LogP contribution in [-0.4, -0.2) is 43.4 Å². The van der Waals surface area contributed by atoms with Crippen LogP contribution < -0.4 is 0 Å². The van der Waals surface area contributed by atoms with Crippen LogP contribution in [0, 0.1) is 0 Å². The summed E-state index contributed by atoms with van der Waals surface area (Å²) in [4.78, 5) is 18.9. The van der Waals surface area contributed by atoms with E-state index in [9.17, 15) is 4.79 Å². The summed E-state index contributed by atoms with van der Waals surface area (Å²) in [6.45, 7) is 6.34. The number of aromatic nitrogens is 4. The summed E-state index contributed by atoms with van der Waals surface area (Å²) in [5.74, 6) is 0.339. The zero-order valence-electron chi connectivity index (χ0n) is 14.1. The highest BCUT2D eigenvalue weighted by atomic mass is 32.2. The Hall–Kier alpha value is -2.19. The first kappa shape index (κ1) is 17.6. The first-order valence-corrected chi connectivity index (χ1v) is 9.63. The van der Waals surface area contributed by atoms with Crippen LogP contribution in [0.2, 0.25) is 0 Å². The highest BCUT2D eigenvalue weighted by molar-refractivity contribution is 7.99. The minimum atomic E-state index is -0.0726. The standard InChI is InChI=1S/C17H19N5OS2/c1-4-9-22-11-18-20-17(22)24-10-15(23)21(3)12(2)16-19-13-7-5-6-8-14(13)25-16/h4-8,11-12H,1,9-10H2,2-3H3/t12-/m0/s1. The van der Waals surface area contributed by atoms with Gasteiger partial charge in [-0.25, -0.2) is 4.98 Å². The van der Waals surface area contributed by atoms with Crippen LogP contribution in [0.4, 0.5) is 0 Å². The molecule has 8 heteroatoms. The van der Waals surface area contributed by atoms with Crippen molar-refractivity contribution in [2.24, 2.45) is 0 Å². The minimum absolute atomic E-state index is 0.0323. The quantitative estimate of drug-likeness (QED) is 0.469. The van der Waals surface area contributed by atoms with E-state index in [1.54, 1.807) is 28.6 Å². The van der Waals surface area contributed by atoms with E-state index in [4.69, 9.17) is 0 Å². The molecule has 2 aromatic heterocycles. The molecule has 0 aliphatic heterocycles. The smallest absolute Gasteiger partial charge is 0.233 e. The van der Waals surface area contributed by atoms with Gasteiger partial charge in [-0.2, -0.15) is 0 Å². The summed E-state index contributed by atoms with van der Waals surface area (Å²) >= 11 is 3.01. The van der Waals surface area contributed by atoms with Gasteiger partial charge >= 0.3 is 0 Å². The molecule has 1 aromatic carbocycles. The molecule has 0 aliphatic rings. The number of carbonyl (C=O) groups excluding carboxylic acids is 1. The molecule has 25 heavy (non-hydrogen) atoms. The molecule has 0 saturated heterocycles. The summed E-state index contributed by atoms with van der Waals surface area (Å²) in [6, 6.07) is 7.94. The molecule has 130 valence electrons. The lowest BCUT2D eigenvalue weighted by Crippen LogP contribution is -2.31. The van der Waals surface area contributed by atoms with E-state index in [1.165, 1.54) is 11.8 Å². The van der Waals surface area contributed by atoms with Gasteiger partial charge in [0.25, 0.3) is 0 Å². The number of carbonyl (C=O) groups is 1. The maximum atomic E-state index is 12.5. The Balaban J connectivity index is 1.64. The molecule has 2 heterocycles. The van der Waals surface area contributed by atoms with Crippen molar-refractivity contribution in [1.82, 2.24) is 24.6 Å². The van der Waals surface area contributed by atoms with Gasteiger partial charge in [0.1, 0.15) is 11.3 Å². The van der Waals surface area contributed by atoms with Crippen molar-refractivity contribution in [3.05, 3.63) is 48.3 Å². The Morgan fingerprint density at radius 1 is 1.48 bits per heavy atom. The lowest BCUT2D eigenvalue weighted by molar-refractivity contribution is -0.128. The molecule has 0 bridgehead atoms. The molecule has 0 fully saturated rings. The van der Waals surface area contributed by atoms with Crippen molar-refractivity contribution in [2.45, 2.75) is 24.7 Å². The van der Waals surface area contributed by atoms with Crippen LogP contribution in [0.25, 0.3) is 10.2 Å². The number of thioether (sulfide) groups is 1. The van der Waals surface area contributed by atoms with Gasteiger partial charge in [-0.05, 0) is 19.1 Å². The van der Waals surface area contributed by atoms with E-state index in [2.05, 4.69) is 21.8 Å². The second kappa shape index (κ2) is 7.79. The molecule has 0 aliphatic carbocycles. The average molecular weight is 374 g/mol. The molecule has 0 N–H and O–H groups in total. The number of allylic oxidation sites excluding steroid dienone is 1. The Bertz CT molecular complexity index is 855. The number of thiazole rings is 1. The van der Waals surface area contributed by atoms with Crippen LogP contribution in [0.1, 0.15) is 18.0 Å². The molecule has 0 saturated carbocycles. The number of para-hydroxylation sites is 1. The van der Waals surface area contributed by atoms with E-state index in [-0.39, 0.29) is 11.9 Å². The fourth-order valence-electron chi connectivity index (χ4n) is 2.30. The molecule has 1 amide bonds. The Kier molecular flexibility index (Phi) is 5.50. The Labute approximate surface area is 154 Å². The van der Waals surface area contributed by atoms with Gasteiger partial charge in [-0.3, -0.25) is 4.79 Å². The Morgan fingerprint density at radius 2 is 2.28 bits per heavy atom. The molecule has 0 radical (unpaired) electrons. The first-order valence-electron chi connectivity index (χ1n) is 7.82. The van der Waals surface area contributed by atoms with Crippen LogP contribution in [0.5, 0.6) is 0 Å². The lowest BCUT2D eigenvalue weighted by Gasteiger charge is -2.23. The SMILES string of the molecule is C=CCn1cnnc1SCC(=O)N(C)[C@@H](C)c1nc2ccccc2s1. The van der Waals surface area contributed by atoms with Gasteiger partial charge in [-0.1, -0.05) is 30.0 Å². The summed E-state index contributed by atoms with van der Waals surface area (Å²) in [5, 5.41) is 9.59. The minimum Gasteiger partial charge on any atom is -0.336 e. The van der Waals surface area contributed by atoms with Crippen LogP contribution in [0.3, 0.4) is 0 Å². The van der Waals surface area contributed by atoms with Crippen molar-refractivity contribution >= 4 is 39.2 Å². The van der Waals surface area contributed by atoms with Crippen molar-refractivity contribution in [3.63, 3.8) is 0 Å². The summed E-state index contributed by atoms with van der Waals surface area (Å²) < 4.78 is 3.00. The fourth-order valence-corrected chi connectivity index (χ4v) is 4.21. The maximum Gasteiger partial charge on any atom is 0.233 e. The number of nitrogens with zero attached hydrogens (tertiary/aromatic N) is 5. The summed E-state index contributed by atoms with van der Waals surface area (Å²) in [6.07, 6.45) is 3.42. The highest BCUT2D eigenvalue weighted by Crippen LogP contribution is 2.29. The molecular formula is C17H19N5OS2. The highest BCUT2D eigenvalue weighted by Gasteiger charge is 2.21. The second-order valence-corrected chi connectivity index (χ2v) is 7.55. The summed E-state index contributed by atoms with van der Waals surface area (Å²) in [7, 11) is 1.81. The number of rotatable bonds is 7. The van der Waals surface area contributed by atoms with Crippen molar-refractivity contribution in [3.8, 4) is 0 Å². The van der Waals surface area contributed by atoms with Crippen LogP contribution >= 0.6 is 23.1 Å². The van der Waals surface area contributed by atoms with Gasteiger partial charge in [0.15, 0.2) is 5.16 Å². The molecule has 0 unspecified atom stereocenters. The normalized spacial score (nSPS) is 12.2. The van der Waals surface area contributed by atoms with E-state index in [0.29, 0.717) is 17.5 Å². The van der Waals surface area contributed by atoms with E-state index in [1.807, 2.05) is 42.8 Å². The fraction of sp³-hybridized carbons (Fsp3) is 0.294. The van der Waals surface area contributed by atoms with Gasteiger partial charge < -0.3 is 9.47 Å². The second-order valence-electron chi connectivity index (χ2n) is 5.54. The van der Waals surface area contributed by atoms with Crippen molar-refractivity contribution < 1.29 is 4.79 Å². The number of benzene rings is 1. The average Bonchev–Trinajstić information content (AvgIpc) is 3.25. The lowest BCUT2D eigenvalue weighted by atomic mass is 10.3. The van der Waals surface area contributed by atoms with Crippen LogP contribution in [0.15, 0.2) is 48.4 Å². The number of amides is 1. The van der Waals surface area contributed by atoms with E-state index in [0.717, 1.165) is 15.2 Å². The third kappa shape index (κ3) is 3.91. The molecule has 3 rings (SSSR count). The zero-order valence-corrected chi connectivity index (χ0v) is 15.8. The number of hydrogen-bond donors (Lipinski definition) is 0. The van der Waals surface area contributed by atoms with Gasteiger partial charge in [0.2, 0.25) is 5.91 Å².